The van der Waals surface area contributed by atoms with Crippen molar-refractivity contribution in [3.05, 3.63) is 40.5 Å². The molecule has 0 aromatic rings. The van der Waals surface area contributed by atoms with Crippen LogP contribution in [0.1, 0.15) is 46.5 Å². The van der Waals surface area contributed by atoms with Gasteiger partial charge in [0.1, 0.15) is 6.61 Å². The Morgan fingerprint density at radius 1 is 0.971 bits per heavy atom. The fourth-order valence-electron chi connectivity index (χ4n) is 2.25. The summed E-state index contributed by atoms with van der Waals surface area (Å²) in [6.07, 6.45) is 2.38. The number of esters is 1. The van der Waals surface area contributed by atoms with Crippen LogP contribution in [-0.2, 0) is 27.5 Å². The van der Waals surface area contributed by atoms with Crippen molar-refractivity contribution in [1.29, 1.82) is 0 Å². The number of carbonyl (C=O) groups is 1. The van der Waals surface area contributed by atoms with Gasteiger partial charge in [-0.25, -0.2) is 13.9 Å². The average molecular weight is 534 g/mol. The first-order valence-corrected chi connectivity index (χ1v) is 12.7. The Morgan fingerprint density at radius 2 is 1.47 bits per heavy atom. The smallest absolute Gasteiger partial charge is 0.452 e. The molecule has 0 aliphatic rings. The van der Waals surface area contributed by atoms with Crippen molar-refractivity contribution in [2.45, 2.75) is 52.6 Å². The number of hydrogen-bond donors (Lipinski definition) is 3. The first-order chi connectivity index (χ1) is 15.5. The van der Waals surface area contributed by atoms with E-state index in [1.807, 2.05) is 17.8 Å². The summed E-state index contributed by atoms with van der Waals surface area (Å²) >= 11 is 0. The average Bonchev–Trinajstić information content (AvgIpc) is 2.63. The van der Waals surface area contributed by atoms with Crippen LogP contribution < -0.4 is 0 Å². The SMILES string of the molecule is CC(=CCCC(C)=CCOP(=O)(O)OP(=O)(O)O)CCC=C(C)COC(=O)C(=[N+]=[N-])C(F)(F)F. The third kappa shape index (κ3) is 15.9. The van der Waals surface area contributed by atoms with Gasteiger partial charge < -0.3 is 24.9 Å². The Bertz CT molecular complexity index is 949. The van der Waals surface area contributed by atoms with Crippen LogP contribution in [0.25, 0.3) is 5.53 Å². The van der Waals surface area contributed by atoms with Gasteiger partial charge >= 0.3 is 33.5 Å². The minimum absolute atomic E-state index is 0.383. The minimum Gasteiger partial charge on any atom is -0.452 e. The van der Waals surface area contributed by atoms with Crippen molar-refractivity contribution in [2.75, 3.05) is 13.2 Å². The van der Waals surface area contributed by atoms with Gasteiger partial charge in [0, 0.05) is 0 Å². The van der Waals surface area contributed by atoms with Crippen LogP contribution in [0.2, 0.25) is 0 Å². The zero-order valence-electron chi connectivity index (χ0n) is 18.7. The quantitative estimate of drug-likeness (QED) is 0.0729. The molecule has 0 aromatic heterocycles. The van der Waals surface area contributed by atoms with Crippen molar-refractivity contribution in [2.24, 2.45) is 0 Å². The molecule has 16 heteroatoms. The van der Waals surface area contributed by atoms with Crippen molar-refractivity contribution < 1.29 is 60.1 Å². The predicted molar refractivity (Wildman–Crippen MR) is 114 cm³/mol. The number of allylic oxidation sites excluding steroid dienone is 4. The molecule has 0 saturated heterocycles. The molecular weight excluding hydrogens is 507 g/mol. The molecule has 0 saturated carbocycles. The molecule has 0 aliphatic carbocycles. The van der Waals surface area contributed by atoms with E-state index in [4.69, 9.17) is 20.2 Å². The summed E-state index contributed by atoms with van der Waals surface area (Å²) < 4.78 is 71.7. The van der Waals surface area contributed by atoms with E-state index in [2.05, 4.69) is 13.6 Å². The summed E-state index contributed by atoms with van der Waals surface area (Å²) in [5.74, 6) is -1.77. The molecule has 0 spiro atoms. The second-order valence-corrected chi connectivity index (χ2v) is 9.92. The lowest BCUT2D eigenvalue weighted by atomic mass is 10.1. The van der Waals surface area contributed by atoms with Crippen LogP contribution in [0.5, 0.6) is 0 Å². The van der Waals surface area contributed by atoms with Gasteiger partial charge in [-0.15, -0.1) is 0 Å². The standard InChI is InChI=1S/C18H27F3N2O9P2/c1-13(6-4-8-14(2)10-11-31-34(28,29)32-33(25,26)27)7-5-9-15(3)12-30-17(24)16(23-22)18(19,20)21/h6,9-10H,4-5,7-8,11-12H2,1-3H3,(H,28,29)(H2,25,26,27). The first-order valence-electron chi connectivity index (χ1n) is 9.64. The molecule has 0 heterocycles. The highest BCUT2D eigenvalue weighted by molar-refractivity contribution is 7.60. The molecule has 0 aliphatic heterocycles. The van der Waals surface area contributed by atoms with Gasteiger partial charge in [0.25, 0.3) is 0 Å². The Kier molecular flexibility index (Phi) is 13.7. The predicted octanol–water partition coefficient (Wildman–Crippen LogP) is 4.39. The summed E-state index contributed by atoms with van der Waals surface area (Å²) in [5.41, 5.74) is 8.60. The Morgan fingerprint density at radius 3 is 1.94 bits per heavy atom. The van der Waals surface area contributed by atoms with E-state index in [-0.39, 0.29) is 13.2 Å². The van der Waals surface area contributed by atoms with E-state index >= 15 is 0 Å². The van der Waals surface area contributed by atoms with Gasteiger partial charge in [-0.1, -0.05) is 29.4 Å². The van der Waals surface area contributed by atoms with Crippen LogP contribution in [0.15, 0.2) is 34.9 Å². The third-order valence-electron chi connectivity index (χ3n) is 3.93. The Labute approximate surface area is 194 Å². The lowest BCUT2D eigenvalue weighted by Crippen LogP contribution is -2.33. The Balaban J connectivity index is 4.40. The molecule has 0 bridgehead atoms. The van der Waals surface area contributed by atoms with E-state index in [1.165, 1.54) is 6.08 Å². The molecular formula is C18H27F3N2O9P2. The highest BCUT2D eigenvalue weighted by atomic mass is 31.3. The summed E-state index contributed by atoms with van der Waals surface area (Å²) in [6.45, 7) is 4.41. The van der Waals surface area contributed by atoms with Crippen LogP contribution in [-0.4, -0.2) is 50.5 Å². The minimum atomic E-state index is -5.16. The van der Waals surface area contributed by atoms with E-state index in [0.29, 0.717) is 31.3 Å². The van der Waals surface area contributed by atoms with Gasteiger partial charge in [0.05, 0.1) is 6.61 Å². The highest BCUT2D eigenvalue weighted by Gasteiger charge is 2.51. The molecule has 194 valence electrons. The Hall–Kier alpha value is -1.88. The molecule has 3 N–H and O–H groups in total. The lowest BCUT2D eigenvalue weighted by molar-refractivity contribution is -0.153. The van der Waals surface area contributed by atoms with Crippen LogP contribution in [0.4, 0.5) is 13.2 Å². The zero-order valence-corrected chi connectivity index (χ0v) is 20.5. The number of halogens is 3. The molecule has 1 atom stereocenters. The van der Waals surface area contributed by atoms with Gasteiger partial charge in [0.15, 0.2) is 0 Å². The van der Waals surface area contributed by atoms with E-state index < -0.39 is 33.5 Å². The molecule has 1 unspecified atom stereocenters. The first kappa shape index (κ1) is 32.1. The van der Waals surface area contributed by atoms with Gasteiger partial charge in [-0.05, 0) is 52.0 Å². The maximum atomic E-state index is 12.4. The third-order valence-corrected chi connectivity index (χ3v) is 6.09. The summed E-state index contributed by atoms with van der Waals surface area (Å²) in [4.78, 5) is 39.4. The largest absolute Gasteiger partial charge is 0.503 e. The van der Waals surface area contributed by atoms with Gasteiger partial charge in [-0.3, -0.25) is 4.52 Å². The summed E-state index contributed by atoms with van der Waals surface area (Å²) in [7, 11) is -10.0. The maximum Gasteiger partial charge on any atom is 0.503 e. The lowest BCUT2D eigenvalue weighted by Gasteiger charge is -2.11. The molecule has 11 nitrogen and oxygen atoms in total. The normalized spacial score (nSPS) is 15.5. The van der Waals surface area contributed by atoms with Crippen LogP contribution in [0, 0.1) is 0 Å². The van der Waals surface area contributed by atoms with Gasteiger partial charge in [0.2, 0.25) is 0 Å². The summed E-state index contributed by atoms with van der Waals surface area (Å²) in [5, 5.41) is 0. The number of rotatable bonds is 14. The number of phosphoric ester groups is 1. The van der Waals surface area contributed by atoms with Crippen molar-refractivity contribution in [3.63, 3.8) is 0 Å². The van der Waals surface area contributed by atoms with Crippen LogP contribution >= 0.6 is 15.6 Å². The number of phosphoric acid groups is 2. The monoisotopic (exact) mass is 534 g/mol. The fourth-order valence-corrected chi connectivity index (χ4v) is 3.77. The van der Waals surface area contributed by atoms with E-state index in [9.17, 15) is 27.1 Å². The molecule has 0 rings (SSSR count). The number of nitrogens with zero attached hydrogens (tertiary/aromatic N) is 2. The van der Waals surface area contributed by atoms with Gasteiger partial charge in [-0.2, -0.15) is 22.3 Å². The number of carbonyl (C=O) groups excluding carboxylic acids is 1. The number of ether oxygens (including phenoxy) is 1. The molecule has 0 fully saturated rings. The summed E-state index contributed by atoms with van der Waals surface area (Å²) in [6, 6.07) is 0. The highest BCUT2D eigenvalue weighted by Crippen LogP contribution is 2.57. The molecule has 0 radical (unpaired) electrons. The number of hydrogen-bond acceptors (Lipinski definition) is 6. The van der Waals surface area contributed by atoms with Crippen molar-refractivity contribution in [1.82, 2.24) is 0 Å². The molecule has 0 amide bonds. The number of alkyl halides is 3. The van der Waals surface area contributed by atoms with E-state index in [1.54, 1.807) is 19.9 Å². The fraction of sp³-hybridized carbons (Fsp3) is 0.556. The second kappa shape index (κ2) is 14.5. The molecule has 0 aromatic carbocycles. The van der Waals surface area contributed by atoms with E-state index in [0.717, 1.165) is 11.1 Å². The van der Waals surface area contributed by atoms with Crippen molar-refractivity contribution >= 4 is 27.3 Å². The topological polar surface area (TPSA) is 176 Å². The van der Waals surface area contributed by atoms with Crippen molar-refractivity contribution in [3.8, 4) is 0 Å². The maximum absolute atomic E-state index is 12.4. The zero-order chi connectivity index (χ0) is 26.6. The second-order valence-electron chi connectivity index (χ2n) is 7.09. The van der Waals surface area contributed by atoms with Crippen LogP contribution in [0.3, 0.4) is 0 Å². The molecule has 34 heavy (non-hydrogen) atoms.